The van der Waals surface area contributed by atoms with Crippen LogP contribution in [0, 0.1) is 0 Å². The summed E-state index contributed by atoms with van der Waals surface area (Å²) in [6, 6.07) is 0. The number of hydrogen-bond donors (Lipinski definition) is 1. The van der Waals surface area contributed by atoms with Crippen LogP contribution in [0.1, 0.15) is 12.7 Å². The number of anilines is 1. The number of nitrogens with zero attached hydrogens (tertiary/aromatic N) is 3. The van der Waals surface area contributed by atoms with Crippen LogP contribution < -0.4 is 10.4 Å². The Morgan fingerprint density at radius 2 is 2.30 bits per heavy atom. The second kappa shape index (κ2) is 2.28. The molecule has 2 N–H and O–H groups in total. The molecule has 1 aromatic rings. The van der Waals surface area contributed by atoms with Gasteiger partial charge in [-0.2, -0.15) is 4.57 Å². The molecule has 0 atom stereocenters. The first kappa shape index (κ1) is 7.05. The molecule has 10 heavy (non-hydrogen) atoms. The average Bonchev–Trinajstić information content (AvgIpc) is 2.09. The lowest BCUT2D eigenvalue weighted by atomic mass is 10.4. The van der Waals surface area contributed by atoms with Gasteiger partial charge in [-0.05, 0) is 5.10 Å². The van der Waals surface area contributed by atoms with Crippen LogP contribution in [0.3, 0.4) is 0 Å². The van der Waals surface area contributed by atoms with E-state index >= 15 is 0 Å². The van der Waals surface area contributed by atoms with Crippen LogP contribution in [-0.2, 0) is 20.5 Å². The fourth-order valence-corrected chi connectivity index (χ4v) is 1.09. The van der Waals surface area contributed by atoms with E-state index in [4.69, 9.17) is 5.73 Å². The number of aromatic nitrogens is 3. The van der Waals surface area contributed by atoms with Crippen LogP contribution in [0.15, 0.2) is 0 Å². The molecular weight excluding hydrogens is 128 g/mol. The fourth-order valence-electron chi connectivity index (χ4n) is 1.09. The van der Waals surface area contributed by atoms with Gasteiger partial charge in [0.15, 0.2) is 0 Å². The van der Waals surface area contributed by atoms with Gasteiger partial charge >= 0.3 is 5.95 Å². The number of rotatable bonds is 1. The van der Waals surface area contributed by atoms with Crippen LogP contribution in [-0.4, -0.2) is 9.67 Å². The molecule has 0 saturated carbocycles. The number of nitrogens with two attached hydrogens (primary N) is 1. The standard InChI is InChI=1S/C6H13N4/c1-4-5-9(2)6(7)8-10(5)3/h4H2,1-3H3,(H2,7,8)/q+1. The molecule has 0 unspecified atom stereocenters. The summed E-state index contributed by atoms with van der Waals surface area (Å²) in [5.41, 5.74) is 5.55. The topological polar surface area (TPSA) is 47.7 Å². The summed E-state index contributed by atoms with van der Waals surface area (Å²) < 4.78 is 3.69. The molecule has 0 aliphatic carbocycles. The van der Waals surface area contributed by atoms with E-state index in [2.05, 4.69) is 12.0 Å². The summed E-state index contributed by atoms with van der Waals surface area (Å²) in [7, 11) is 3.82. The highest BCUT2D eigenvalue weighted by molar-refractivity contribution is 5.13. The average molecular weight is 141 g/mol. The van der Waals surface area contributed by atoms with Gasteiger partial charge in [-0.15, -0.1) is 4.68 Å². The van der Waals surface area contributed by atoms with Crippen molar-refractivity contribution >= 4 is 5.95 Å². The molecule has 4 nitrogen and oxygen atoms in total. The third-order valence-corrected chi connectivity index (χ3v) is 1.67. The molecule has 0 bridgehead atoms. The van der Waals surface area contributed by atoms with E-state index in [0.29, 0.717) is 5.95 Å². The van der Waals surface area contributed by atoms with Crippen LogP contribution in [0.4, 0.5) is 5.95 Å². The highest BCUT2D eigenvalue weighted by atomic mass is 15.4. The molecule has 56 valence electrons. The summed E-state index contributed by atoms with van der Waals surface area (Å²) in [4.78, 5) is 0. The molecule has 0 saturated heterocycles. The quantitative estimate of drug-likeness (QED) is 0.530. The summed E-state index contributed by atoms with van der Waals surface area (Å²) in [5.74, 6) is 1.71. The normalized spacial score (nSPS) is 10.3. The van der Waals surface area contributed by atoms with Crippen LogP contribution >= 0.6 is 0 Å². The Morgan fingerprint density at radius 3 is 2.50 bits per heavy atom. The fraction of sp³-hybridized carbons (Fsp3) is 0.667. The van der Waals surface area contributed by atoms with E-state index < -0.39 is 0 Å². The first-order valence-corrected chi connectivity index (χ1v) is 3.34. The van der Waals surface area contributed by atoms with E-state index in [-0.39, 0.29) is 0 Å². The van der Waals surface area contributed by atoms with E-state index in [1.807, 2.05) is 18.7 Å². The van der Waals surface area contributed by atoms with Crippen molar-refractivity contribution in [3.05, 3.63) is 5.82 Å². The monoisotopic (exact) mass is 141 g/mol. The molecular formula is C6H13N4+. The minimum absolute atomic E-state index is 0.569. The molecule has 1 rings (SSSR count). The van der Waals surface area contributed by atoms with Crippen molar-refractivity contribution in [2.45, 2.75) is 13.3 Å². The SMILES string of the molecule is CCc1n(C)c(N)n[n+]1C. The third kappa shape index (κ3) is 0.853. The Bertz CT molecular complexity index is 238. The second-order valence-corrected chi connectivity index (χ2v) is 2.31. The zero-order valence-corrected chi connectivity index (χ0v) is 6.63. The van der Waals surface area contributed by atoms with Crippen molar-refractivity contribution < 1.29 is 4.68 Å². The van der Waals surface area contributed by atoms with Gasteiger partial charge in [-0.25, -0.2) is 0 Å². The van der Waals surface area contributed by atoms with Crippen molar-refractivity contribution in [3.63, 3.8) is 0 Å². The van der Waals surface area contributed by atoms with Gasteiger partial charge < -0.3 is 5.73 Å². The summed E-state index contributed by atoms with van der Waals surface area (Å²) in [5, 5.41) is 4.04. The Hall–Kier alpha value is -1.06. The van der Waals surface area contributed by atoms with Crippen LogP contribution in [0.5, 0.6) is 0 Å². The first-order chi connectivity index (χ1) is 4.66. The highest BCUT2D eigenvalue weighted by Gasteiger charge is 2.14. The van der Waals surface area contributed by atoms with E-state index in [1.165, 1.54) is 0 Å². The molecule has 1 heterocycles. The van der Waals surface area contributed by atoms with Gasteiger partial charge in [-0.3, -0.25) is 0 Å². The molecule has 4 heteroatoms. The van der Waals surface area contributed by atoms with Gasteiger partial charge in [0.25, 0.3) is 5.82 Å². The summed E-state index contributed by atoms with van der Waals surface area (Å²) >= 11 is 0. The Morgan fingerprint density at radius 1 is 1.70 bits per heavy atom. The van der Waals surface area contributed by atoms with E-state index in [1.54, 1.807) is 4.68 Å². The predicted octanol–water partition coefficient (Wildman–Crippen LogP) is -0.611. The smallest absolute Gasteiger partial charge is 0.329 e. The molecule has 0 aromatic carbocycles. The largest absolute Gasteiger partial charge is 0.347 e. The zero-order chi connectivity index (χ0) is 7.72. The van der Waals surface area contributed by atoms with Gasteiger partial charge in [0.2, 0.25) is 0 Å². The minimum Gasteiger partial charge on any atom is -0.347 e. The maximum absolute atomic E-state index is 5.55. The van der Waals surface area contributed by atoms with Gasteiger partial charge in [0.05, 0.1) is 7.05 Å². The van der Waals surface area contributed by atoms with Crippen molar-refractivity contribution in [2.75, 3.05) is 5.73 Å². The van der Waals surface area contributed by atoms with Crippen LogP contribution in [0.2, 0.25) is 0 Å². The minimum atomic E-state index is 0.569. The van der Waals surface area contributed by atoms with Gasteiger partial charge in [0.1, 0.15) is 7.05 Å². The van der Waals surface area contributed by atoms with Crippen molar-refractivity contribution in [1.82, 2.24) is 9.67 Å². The lowest BCUT2D eigenvalue weighted by Gasteiger charge is -1.88. The summed E-state index contributed by atoms with van der Waals surface area (Å²) in [6.45, 7) is 2.08. The predicted molar refractivity (Wildman–Crippen MR) is 38.2 cm³/mol. The molecule has 1 aromatic heterocycles. The maximum Gasteiger partial charge on any atom is 0.329 e. The second-order valence-electron chi connectivity index (χ2n) is 2.31. The third-order valence-electron chi connectivity index (χ3n) is 1.67. The molecule has 0 radical (unpaired) electrons. The van der Waals surface area contributed by atoms with Crippen molar-refractivity contribution in [2.24, 2.45) is 14.1 Å². The maximum atomic E-state index is 5.55. The van der Waals surface area contributed by atoms with E-state index in [9.17, 15) is 0 Å². The van der Waals surface area contributed by atoms with Gasteiger partial charge in [0, 0.05) is 6.42 Å². The van der Waals surface area contributed by atoms with Gasteiger partial charge in [-0.1, -0.05) is 6.92 Å². The zero-order valence-electron chi connectivity index (χ0n) is 6.63. The number of nitrogen functional groups attached to an aromatic ring is 1. The lowest BCUT2D eigenvalue weighted by Crippen LogP contribution is -2.35. The highest BCUT2D eigenvalue weighted by Crippen LogP contribution is 1.96. The molecule has 0 fully saturated rings. The van der Waals surface area contributed by atoms with Crippen molar-refractivity contribution in [1.29, 1.82) is 0 Å². The van der Waals surface area contributed by atoms with Crippen molar-refractivity contribution in [3.8, 4) is 0 Å². The first-order valence-electron chi connectivity index (χ1n) is 3.34. The Kier molecular flexibility index (Phi) is 1.61. The Labute approximate surface area is 60.3 Å². The Balaban J connectivity index is 3.20. The number of aryl methyl sites for hydroxylation is 1. The molecule has 0 amide bonds. The van der Waals surface area contributed by atoms with Crippen LogP contribution in [0.25, 0.3) is 0 Å². The van der Waals surface area contributed by atoms with E-state index in [0.717, 1.165) is 12.2 Å². The molecule has 0 aliphatic rings. The lowest BCUT2D eigenvalue weighted by molar-refractivity contribution is -0.734. The molecule has 0 aliphatic heterocycles. The number of hydrogen-bond acceptors (Lipinski definition) is 2. The summed E-state index contributed by atoms with van der Waals surface area (Å²) in [6.07, 6.45) is 0.956. The molecule has 0 spiro atoms.